The van der Waals surface area contributed by atoms with E-state index in [1.165, 1.54) is 30.0 Å². The molecule has 0 unspecified atom stereocenters. The first-order valence-electron chi connectivity index (χ1n) is 5.46. The first-order chi connectivity index (χ1) is 9.06. The molecule has 19 heavy (non-hydrogen) atoms. The van der Waals surface area contributed by atoms with Crippen molar-refractivity contribution in [3.8, 4) is 0 Å². The van der Waals surface area contributed by atoms with Crippen LogP contribution in [0.1, 0.15) is 15.9 Å². The molecule has 0 atom stereocenters. The van der Waals surface area contributed by atoms with E-state index in [-0.39, 0.29) is 11.4 Å². The smallest absolute Gasteiger partial charge is 0.335 e. The number of aromatic carboxylic acids is 1. The summed E-state index contributed by atoms with van der Waals surface area (Å²) in [4.78, 5) is 11.7. The molecule has 0 saturated heterocycles. The van der Waals surface area contributed by atoms with Crippen molar-refractivity contribution in [1.82, 2.24) is 0 Å². The Balaban J connectivity index is 2.10. The largest absolute Gasteiger partial charge is 0.478 e. The van der Waals surface area contributed by atoms with Crippen LogP contribution in [0.3, 0.4) is 0 Å². The Hall–Kier alpha value is -1.52. The molecule has 0 saturated carbocycles. The third-order valence-corrected chi connectivity index (χ3v) is 3.88. The van der Waals surface area contributed by atoms with Crippen LogP contribution >= 0.6 is 23.4 Å². The molecule has 2 rings (SSSR count). The average Bonchev–Trinajstić information content (AvgIpc) is 2.38. The van der Waals surface area contributed by atoms with E-state index in [0.717, 1.165) is 10.5 Å². The van der Waals surface area contributed by atoms with Gasteiger partial charge in [0.2, 0.25) is 0 Å². The zero-order valence-corrected chi connectivity index (χ0v) is 11.3. The topological polar surface area (TPSA) is 37.3 Å². The minimum atomic E-state index is -0.956. The van der Waals surface area contributed by atoms with Gasteiger partial charge in [-0.1, -0.05) is 23.7 Å². The SMILES string of the molecule is O=C(O)c1cccc(SCc2ccc(F)cc2Cl)c1. The highest BCUT2D eigenvalue weighted by Crippen LogP contribution is 2.27. The van der Waals surface area contributed by atoms with Gasteiger partial charge in [0.1, 0.15) is 5.82 Å². The Morgan fingerprint density at radius 3 is 2.74 bits per heavy atom. The van der Waals surface area contributed by atoms with Crippen molar-refractivity contribution in [2.24, 2.45) is 0 Å². The van der Waals surface area contributed by atoms with Crippen LogP contribution in [-0.2, 0) is 5.75 Å². The molecule has 0 aromatic heterocycles. The molecule has 5 heteroatoms. The summed E-state index contributed by atoms with van der Waals surface area (Å²) < 4.78 is 12.9. The van der Waals surface area contributed by atoms with Crippen LogP contribution in [0.25, 0.3) is 0 Å². The van der Waals surface area contributed by atoms with Gasteiger partial charge in [-0.2, -0.15) is 0 Å². The lowest BCUT2D eigenvalue weighted by Gasteiger charge is -2.05. The summed E-state index contributed by atoms with van der Waals surface area (Å²) in [6, 6.07) is 10.9. The van der Waals surface area contributed by atoms with E-state index in [1.54, 1.807) is 18.2 Å². The molecule has 2 aromatic rings. The van der Waals surface area contributed by atoms with E-state index >= 15 is 0 Å². The number of halogens is 2. The monoisotopic (exact) mass is 296 g/mol. The molecule has 1 N–H and O–H groups in total. The minimum Gasteiger partial charge on any atom is -0.478 e. The van der Waals surface area contributed by atoms with Gasteiger partial charge in [-0.05, 0) is 35.9 Å². The van der Waals surface area contributed by atoms with E-state index < -0.39 is 5.97 Å². The first kappa shape index (κ1) is 13.9. The highest BCUT2D eigenvalue weighted by Gasteiger charge is 2.06. The van der Waals surface area contributed by atoms with Gasteiger partial charge in [-0.3, -0.25) is 0 Å². The van der Waals surface area contributed by atoms with Gasteiger partial charge in [-0.25, -0.2) is 9.18 Å². The lowest BCUT2D eigenvalue weighted by molar-refractivity contribution is 0.0696. The van der Waals surface area contributed by atoms with Crippen molar-refractivity contribution in [2.75, 3.05) is 0 Å². The molecule has 0 radical (unpaired) electrons. The Morgan fingerprint density at radius 2 is 2.05 bits per heavy atom. The third-order valence-electron chi connectivity index (χ3n) is 2.49. The summed E-state index contributed by atoms with van der Waals surface area (Å²) in [5.41, 5.74) is 1.06. The summed E-state index contributed by atoms with van der Waals surface area (Å²) in [6.45, 7) is 0. The normalized spacial score (nSPS) is 10.4. The van der Waals surface area contributed by atoms with E-state index in [9.17, 15) is 9.18 Å². The number of carboxylic acid groups (broad SMARTS) is 1. The zero-order valence-electron chi connectivity index (χ0n) is 9.77. The summed E-state index contributed by atoms with van der Waals surface area (Å²) in [7, 11) is 0. The van der Waals surface area contributed by atoms with Gasteiger partial charge in [-0.15, -0.1) is 11.8 Å². The number of hydrogen-bond acceptors (Lipinski definition) is 2. The van der Waals surface area contributed by atoms with Crippen LogP contribution in [0.15, 0.2) is 47.4 Å². The fraction of sp³-hybridized carbons (Fsp3) is 0.0714. The molecule has 0 aliphatic rings. The van der Waals surface area contributed by atoms with Gasteiger partial charge < -0.3 is 5.11 Å². The maximum atomic E-state index is 12.9. The molecule has 0 aliphatic heterocycles. The molecular formula is C14H10ClFO2S. The number of carboxylic acids is 1. The molecule has 2 aromatic carbocycles. The highest BCUT2D eigenvalue weighted by atomic mass is 35.5. The molecular weight excluding hydrogens is 287 g/mol. The fourth-order valence-electron chi connectivity index (χ4n) is 1.52. The third kappa shape index (κ3) is 3.72. The number of rotatable bonds is 4. The summed E-state index contributed by atoms with van der Waals surface area (Å²) in [5.74, 6) is -0.767. The van der Waals surface area contributed by atoms with Crippen molar-refractivity contribution >= 4 is 29.3 Å². The highest BCUT2D eigenvalue weighted by molar-refractivity contribution is 7.98. The van der Waals surface area contributed by atoms with Crippen LogP contribution in [0, 0.1) is 5.82 Å². The maximum absolute atomic E-state index is 12.9. The molecule has 0 heterocycles. The average molecular weight is 297 g/mol. The van der Waals surface area contributed by atoms with Crippen LogP contribution in [-0.4, -0.2) is 11.1 Å². The van der Waals surface area contributed by atoms with Crippen molar-refractivity contribution in [2.45, 2.75) is 10.6 Å². The van der Waals surface area contributed by atoms with E-state index in [1.807, 2.05) is 6.07 Å². The number of hydrogen-bond donors (Lipinski definition) is 1. The van der Waals surface area contributed by atoms with Gasteiger partial charge in [0.25, 0.3) is 0 Å². The van der Waals surface area contributed by atoms with Crippen molar-refractivity contribution in [3.63, 3.8) is 0 Å². The summed E-state index contributed by atoms with van der Waals surface area (Å²) >= 11 is 7.38. The second-order valence-corrected chi connectivity index (χ2v) is 5.31. The first-order valence-corrected chi connectivity index (χ1v) is 6.83. The Labute approximate surface area is 119 Å². The van der Waals surface area contributed by atoms with Gasteiger partial charge in [0.15, 0.2) is 0 Å². The van der Waals surface area contributed by atoms with E-state index in [0.29, 0.717) is 10.8 Å². The van der Waals surface area contributed by atoms with Crippen LogP contribution in [0.5, 0.6) is 0 Å². The molecule has 0 bridgehead atoms. The standard InChI is InChI=1S/C14H10ClFO2S/c15-13-7-11(16)5-4-10(13)8-19-12-3-1-2-9(6-12)14(17)18/h1-7H,8H2,(H,17,18). The van der Waals surface area contributed by atoms with Crippen molar-refractivity contribution in [3.05, 3.63) is 64.4 Å². The zero-order chi connectivity index (χ0) is 13.8. The molecule has 98 valence electrons. The van der Waals surface area contributed by atoms with E-state index in [4.69, 9.17) is 16.7 Å². The van der Waals surface area contributed by atoms with Gasteiger partial charge in [0.05, 0.1) is 5.56 Å². The van der Waals surface area contributed by atoms with Gasteiger partial charge in [0, 0.05) is 15.7 Å². The summed E-state index contributed by atoms with van der Waals surface area (Å²) in [6.07, 6.45) is 0. The summed E-state index contributed by atoms with van der Waals surface area (Å²) in [5, 5.41) is 9.27. The fourth-order valence-corrected chi connectivity index (χ4v) is 2.79. The Morgan fingerprint density at radius 1 is 1.26 bits per heavy atom. The molecule has 0 fully saturated rings. The second kappa shape index (κ2) is 6.08. The predicted molar refractivity (Wildman–Crippen MR) is 74.4 cm³/mol. The van der Waals surface area contributed by atoms with E-state index in [2.05, 4.69) is 0 Å². The number of thioether (sulfide) groups is 1. The quantitative estimate of drug-likeness (QED) is 0.846. The van der Waals surface area contributed by atoms with Crippen molar-refractivity contribution < 1.29 is 14.3 Å². The molecule has 2 nitrogen and oxygen atoms in total. The Bertz CT molecular complexity index is 616. The molecule has 0 spiro atoms. The van der Waals surface area contributed by atoms with Crippen molar-refractivity contribution in [1.29, 1.82) is 0 Å². The lowest BCUT2D eigenvalue weighted by Crippen LogP contribution is -1.95. The Kier molecular flexibility index (Phi) is 4.45. The molecule has 0 amide bonds. The van der Waals surface area contributed by atoms with Gasteiger partial charge >= 0.3 is 5.97 Å². The number of carbonyl (C=O) groups is 1. The maximum Gasteiger partial charge on any atom is 0.335 e. The second-order valence-electron chi connectivity index (χ2n) is 3.86. The number of benzene rings is 2. The predicted octanol–water partition coefficient (Wildman–Crippen LogP) is 4.47. The minimum absolute atomic E-state index is 0.246. The molecule has 0 aliphatic carbocycles. The van der Waals surface area contributed by atoms with Crippen LogP contribution < -0.4 is 0 Å². The van der Waals surface area contributed by atoms with Crippen LogP contribution in [0.2, 0.25) is 5.02 Å². The van der Waals surface area contributed by atoms with Crippen LogP contribution in [0.4, 0.5) is 4.39 Å². The lowest BCUT2D eigenvalue weighted by atomic mass is 10.2.